The largest absolute Gasteiger partial charge is 0.306 e. The zero-order chi connectivity index (χ0) is 11.8. The average Bonchev–Trinajstić information content (AvgIpc) is 2.76. The Kier molecular flexibility index (Phi) is 2.48. The van der Waals surface area contributed by atoms with Crippen LogP contribution in [0, 0.1) is 6.92 Å². The number of hydrogen-bond donors (Lipinski definition) is 0. The summed E-state index contributed by atoms with van der Waals surface area (Å²) in [5.74, 6) is 0. The summed E-state index contributed by atoms with van der Waals surface area (Å²) in [7, 11) is 0. The molecule has 2 nitrogen and oxygen atoms in total. The minimum atomic E-state index is 0.971. The molecule has 0 unspecified atom stereocenters. The van der Waals surface area contributed by atoms with Crippen molar-refractivity contribution in [2.75, 3.05) is 0 Å². The van der Waals surface area contributed by atoms with Crippen molar-refractivity contribution in [3.8, 4) is 11.3 Å². The van der Waals surface area contributed by atoms with Gasteiger partial charge >= 0.3 is 0 Å². The van der Waals surface area contributed by atoms with Gasteiger partial charge in [0.1, 0.15) is 5.65 Å². The van der Waals surface area contributed by atoms with E-state index >= 15 is 0 Å². The maximum Gasteiger partial charge on any atom is 0.137 e. The lowest BCUT2D eigenvalue weighted by Gasteiger charge is -2.00. The summed E-state index contributed by atoms with van der Waals surface area (Å²) in [6, 6.07) is 12.3. The van der Waals surface area contributed by atoms with Gasteiger partial charge in [0.15, 0.2) is 0 Å². The molecule has 0 fully saturated rings. The number of hydrogen-bond acceptors (Lipinski definition) is 1. The molecule has 0 aliphatic heterocycles. The van der Waals surface area contributed by atoms with E-state index in [1.165, 1.54) is 5.56 Å². The lowest BCUT2D eigenvalue weighted by atomic mass is 10.1. The summed E-state index contributed by atoms with van der Waals surface area (Å²) in [6.07, 6.45) is 4.06. The molecule has 0 spiro atoms. The number of imidazole rings is 1. The molecule has 1 aromatic carbocycles. The first-order valence-electron chi connectivity index (χ1n) is 5.44. The van der Waals surface area contributed by atoms with E-state index in [-0.39, 0.29) is 0 Å². The quantitative estimate of drug-likeness (QED) is 0.659. The number of aromatic nitrogens is 2. The van der Waals surface area contributed by atoms with Gasteiger partial charge in [-0.1, -0.05) is 34.1 Å². The lowest BCUT2D eigenvalue weighted by molar-refractivity contribution is 1.19. The summed E-state index contributed by atoms with van der Waals surface area (Å²) in [6.45, 7) is 2.08. The number of benzene rings is 1. The smallest absolute Gasteiger partial charge is 0.137 e. The predicted octanol–water partition coefficient (Wildman–Crippen LogP) is 4.07. The maximum absolute atomic E-state index is 4.60. The van der Waals surface area contributed by atoms with Gasteiger partial charge in [-0.2, -0.15) is 0 Å². The van der Waals surface area contributed by atoms with Gasteiger partial charge in [-0.3, -0.25) is 0 Å². The molecule has 0 saturated carbocycles. The number of halogens is 1. The Morgan fingerprint density at radius 2 is 2.06 bits per heavy atom. The van der Waals surface area contributed by atoms with Gasteiger partial charge in [0.05, 0.1) is 5.69 Å². The first-order valence-corrected chi connectivity index (χ1v) is 6.23. The third-order valence-electron chi connectivity index (χ3n) is 2.83. The lowest BCUT2D eigenvalue weighted by Crippen LogP contribution is -1.80. The maximum atomic E-state index is 4.60. The van der Waals surface area contributed by atoms with Crippen molar-refractivity contribution in [2.24, 2.45) is 0 Å². The molecule has 0 saturated heterocycles. The molecule has 2 aromatic heterocycles. The Morgan fingerprint density at radius 1 is 1.18 bits per heavy atom. The zero-order valence-corrected chi connectivity index (χ0v) is 11.0. The van der Waals surface area contributed by atoms with Crippen LogP contribution in [0.4, 0.5) is 0 Å². The highest BCUT2D eigenvalue weighted by molar-refractivity contribution is 9.10. The standard InChI is InChI=1S/C14H11BrN2/c1-10-5-6-11(8-12(10)15)13-9-17-7-3-2-4-14(17)16-13/h2-9H,1H3. The molecule has 0 N–H and O–H groups in total. The second kappa shape index (κ2) is 4.00. The van der Waals surface area contributed by atoms with E-state index in [1.54, 1.807) is 0 Å². The number of pyridine rings is 1. The SMILES string of the molecule is Cc1ccc(-c2cn3ccccc3n2)cc1Br. The first-order chi connectivity index (χ1) is 8.24. The molecule has 3 aromatic rings. The summed E-state index contributed by atoms with van der Waals surface area (Å²) >= 11 is 3.55. The monoisotopic (exact) mass is 286 g/mol. The van der Waals surface area contributed by atoms with Crippen LogP contribution in [-0.2, 0) is 0 Å². The summed E-state index contributed by atoms with van der Waals surface area (Å²) in [5, 5.41) is 0. The molecule has 3 rings (SSSR count). The van der Waals surface area contributed by atoms with Crippen molar-refractivity contribution in [3.63, 3.8) is 0 Å². The van der Waals surface area contributed by atoms with Crippen LogP contribution in [0.1, 0.15) is 5.56 Å². The molecule has 17 heavy (non-hydrogen) atoms. The normalized spacial score (nSPS) is 10.9. The van der Waals surface area contributed by atoms with Crippen LogP contribution in [0.25, 0.3) is 16.9 Å². The van der Waals surface area contributed by atoms with E-state index in [9.17, 15) is 0 Å². The summed E-state index contributed by atoms with van der Waals surface area (Å²) in [4.78, 5) is 4.60. The molecular formula is C14H11BrN2. The van der Waals surface area contributed by atoms with E-state index < -0.39 is 0 Å². The minimum Gasteiger partial charge on any atom is -0.306 e. The number of fused-ring (bicyclic) bond motifs is 1. The second-order valence-corrected chi connectivity index (χ2v) is 4.91. The van der Waals surface area contributed by atoms with Gasteiger partial charge in [-0.15, -0.1) is 0 Å². The third kappa shape index (κ3) is 1.87. The van der Waals surface area contributed by atoms with E-state index in [2.05, 4.69) is 46.0 Å². The van der Waals surface area contributed by atoms with Gasteiger partial charge in [-0.05, 0) is 30.7 Å². The number of rotatable bonds is 1. The van der Waals surface area contributed by atoms with Gasteiger partial charge in [0, 0.05) is 22.4 Å². The van der Waals surface area contributed by atoms with Gasteiger partial charge in [0.2, 0.25) is 0 Å². The second-order valence-electron chi connectivity index (χ2n) is 4.06. The van der Waals surface area contributed by atoms with Gasteiger partial charge < -0.3 is 4.40 Å². The van der Waals surface area contributed by atoms with Crippen LogP contribution in [0.2, 0.25) is 0 Å². The highest BCUT2D eigenvalue weighted by Crippen LogP contribution is 2.25. The number of aryl methyl sites for hydroxylation is 1. The Balaban J connectivity index is 2.17. The van der Waals surface area contributed by atoms with Crippen molar-refractivity contribution < 1.29 is 0 Å². The first kappa shape index (κ1) is 10.5. The van der Waals surface area contributed by atoms with Crippen molar-refractivity contribution in [2.45, 2.75) is 6.92 Å². The van der Waals surface area contributed by atoms with Crippen LogP contribution in [0.15, 0.2) is 53.3 Å². The fourth-order valence-corrected chi connectivity index (χ4v) is 2.20. The van der Waals surface area contributed by atoms with E-state index in [4.69, 9.17) is 0 Å². The van der Waals surface area contributed by atoms with Crippen LogP contribution in [0.5, 0.6) is 0 Å². The predicted molar refractivity (Wildman–Crippen MR) is 73.1 cm³/mol. The van der Waals surface area contributed by atoms with E-state index in [0.29, 0.717) is 0 Å². The fourth-order valence-electron chi connectivity index (χ4n) is 1.83. The molecule has 0 radical (unpaired) electrons. The summed E-state index contributed by atoms with van der Waals surface area (Å²) < 4.78 is 3.15. The van der Waals surface area contributed by atoms with Crippen molar-refractivity contribution >= 4 is 21.6 Å². The van der Waals surface area contributed by atoms with Gasteiger partial charge in [0.25, 0.3) is 0 Å². The van der Waals surface area contributed by atoms with E-state index in [0.717, 1.165) is 21.4 Å². The number of nitrogens with zero attached hydrogens (tertiary/aromatic N) is 2. The Bertz CT molecular complexity index is 653. The van der Waals surface area contributed by atoms with Crippen molar-refractivity contribution in [1.29, 1.82) is 0 Å². The molecule has 3 heteroatoms. The Hall–Kier alpha value is -1.61. The molecule has 2 heterocycles. The molecule has 0 amide bonds. The summed E-state index contributed by atoms with van der Waals surface area (Å²) in [5.41, 5.74) is 4.33. The molecule has 84 valence electrons. The molecular weight excluding hydrogens is 276 g/mol. The molecule has 0 atom stereocenters. The topological polar surface area (TPSA) is 17.3 Å². The molecule has 0 aliphatic carbocycles. The van der Waals surface area contributed by atoms with Crippen LogP contribution in [0.3, 0.4) is 0 Å². The zero-order valence-electron chi connectivity index (χ0n) is 9.39. The van der Waals surface area contributed by atoms with Gasteiger partial charge in [-0.25, -0.2) is 4.98 Å². The van der Waals surface area contributed by atoms with Crippen LogP contribution in [-0.4, -0.2) is 9.38 Å². The minimum absolute atomic E-state index is 0.971. The molecule has 0 aliphatic rings. The highest BCUT2D eigenvalue weighted by atomic mass is 79.9. The van der Waals surface area contributed by atoms with Crippen molar-refractivity contribution in [3.05, 3.63) is 58.8 Å². The van der Waals surface area contributed by atoms with Crippen molar-refractivity contribution in [1.82, 2.24) is 9.38 Å². The average molecular weight is 287 g/mol. The van der Waals surface area contributed by atoms with E-state index in [1.807, 2.05) is 35.0 Å². The third-order valence-corrected chi connectivity index (χ3v) is 3.69. The Morgan fingerprint density at radius 3 is 2.82 bits per heavy atom. The highest BCUT2D eigenvalue weighted by Gasteiger charge is 2.05. The van der Waals surface area contributed by atoms with Crippen LogP contribution < -0.4 is 0 Å². The molecule has 0 bridgehead atoms. The van der Waals surface area contributed by atoms with Crippen LogP contribution >= 0.6 is 15.9 Å². The fraction of sp³-hybridized carbons (Fsp3) is 0.0714. The Labute approximate surface area is 108 Å².